The smallest absolute Gasteiger partial charge is 0.225 e. The van der Waals surface area contributed by atoms with Crippen LogP contribution in [0.3, 0.4) is 0 Å². The number of aromatic nitrogens is 3. The molecule has 2 N–H and O–H groups in total. The van der Waals surface area contributed by atoms with Crippen LogP contribution in [-0.2, 0) is 0 Å². The van der Waals surface area contributed by atoms with Gasteiger partial charge in [-0.25, -0.2) is 13.8 Å². The lowest BCUT2D eigenvalue weighted by Crippen LogP contribution is -2.17. The van der Waals surface area contributed by atoms with Crippen LogP contribution < -0.4 is 10.6 Å². The number of nitrogens with zero attached hydrogens (tertiary/aromatic N) is 4. The maximum atomic E-state index is 14.0. The standard InChI is InChI=1S/C20H22F2N6/c1-28(2)11-3-8-24-20-26-18(14-6-9-23-10-7-14)13-19(27-20)25-17-5-4-15(21)12-16(17)22/h4-7,9-10,12-13H,3,8,11H2,1-2H3,(H2,24,25,26,27). The topological polar surface area (TPSA) is 66.0 Å². The number of anilines is 3. The van der Waals surface area contributed by atoms with Gasteiger partial charge in [-0.05, 0) is 51.3 Å². The maximum Gasteiger partial charge on any atom is 0.225 e. The van der Waals surface area contributed by atoms with Crippen molar-refractivity contribution in [2.45, 2.75) is 6.42 Å². The fraction of sp³-hybridized carbons (Fsp3) is 0.250. The van der Waals surface area contributed by atoms with E-state index >= 15 is 0 Å². The molecule has 0 bridgehead atoms. The van der Waals surface area contributed by atoms with Crippen molar-refractivity contribution in [3.8, 4) is 11.3 Å². The SMILES string of the molecule is CN(C)CCCNc1nc(Nc2ccc(F)cc2F)cc(-c2ccncc2)n1. The first-order valence-electron chi connectivity index (χ1n) is 8.91. The van der Waals surface area contributed by atoms with Gasteiger partial charge < -0.3 is 15.5 Å². The van der Waals surface area contributed by atoms with E-state index in [9.17, 15) is 8.78 Å². The molecule has 2 heterocycles. The predicted molar refractivity (Wildman–Crippen MR) is 107 cm³/mol. The largest absolute Gasteiger partial charge is 0.354 e. The van der Waals surface area contributed by atoms with Crippen LogP contribution in [0.25, 0.3) is 11.3 Å². The summed E-state index contributed by atoms with van der Waals surface area (Å²) < 4.78 is 27.2. The molecule has 1 aromatic carbocycles. The number of benzene rings is 1. The first kappa shape index (κ1) is 19.6. The predicted octanol–water partition coefficient (Wildman–Crippen LogP) is 3.92. The highest BCUT2D eigenvalue weighted by Gasteiger charge is 2.10. The molecule has 0 aliphatic heterocycles. The van der Waals surface area contributed by atoms with E-state index in [-0.39, 0.29) is 5.69 Å². The highest BCUT2D eigenvalue weighted by Crippen LogP contribution is 2.25. The van der Waals surface area contributed by atoms with Gasteiger partial charge in [-0.3, -0.25) is 4.98 Å². The zero-order valence-electron chi connectivity index (χ0n) is 15.8. The molecule has 0 spiro atoms. The zero-order valence-corrected chi connectivity index (χ0v) is 15.8. The minimum Gasteiger partial charge on any atom is -0.354 e. The molecule has 3 aromatic rings. The third kappa shape index (κ3) is 5.43. The Morgan fingerprint density at radius 3 is 2.50 bits per heavy atom. The molecule has 0 saturated carbocycles. The average molecular weight is 384 g/mol. The Bertz CT molecular complexity index is 918. The van der Waals surface area contributed by atoms with E-state index in [0.717, 1.165) is 24.6 Å². The first-order chi connectivity index (χ1) is 13.5. The molecule has 0 radical (unpaired) electrons. The Morgan fingerprint density at radius 2 is 1.79 bits per heavy atom. The monoisotopic (exact) mass is 384 g/mol. The van der Waals surface area contributed by atoms with E-state index < -0.39 is 11.6 Å². The van der Waals surface area contributed by atoms with Crippen LogP contribution in [0.4, 0.5) is 26.2 Å². The van der Waals surface area contributed by atoms with Crippen molar-refractivity contribution >= 4 is 17.5 Å². The van der Waals surface area contributed by atoms with Gasteiger partial charge in [0.15, 0.2) is 0 Å². The van der Waals surface area contributed by atoms with Gasteiger partial charge >= 0.3 is 0 Å². The fourth-order valence-corrected chi connectivity index (χ4v) is 2.59. The van der Waals surface area contributed by atoms with E-state index in [0.29, 0.717) is 24.0 Å². The molecule has 0 amide bonds. The summed E-state index contributed by atoms with van der Waals surface area (Å²) in [4.78, 5) is 15.1. The number of hydrogen-bond acceptors (Lipinski definition) is 6. The van der Waals surface area contributed by atoms with Crippen molar-refractivity contribution in [3.63, 3.8) is 0 Å². The summed E-state index contributed by atoms with van der Waals surface area (Å²) in [7, 11) is 4.03. The van der Waals surface area contributed by atoms with Crippen LogP contribution in [0.15, 0.2) is 48.8 Å². The Hall–Kier alpha value is -3.13. The van der Waals surface area contributed by atoms with Crippen molar-refractivity contribution in [2.24, 2.45) is 0 Å². The van der Waals surface area contributed by atoms with E-state index in [1.165, 1.54) is 12.1 Å². The molecule has 6 nitrogen and oxygen atoms in total. The fourth-order valence-electron chi connectivity index (χ4n) is 2.59. The molecule has 8 heteroatoms. The van der Waals surface area contributed by atoms with E-state index in [2.05, 4.69) is 30.5 Å². The Labute approximate surface area is 162 Å². The second-order valence-corrected chi connectivity index (χ2v) is 6.53. The number of nitrogens with one attached hydrogen (secondary N) is 2. The maximum absolute atomic E-state index is 14.0. The second-order valence-electron chi connectivity index (χ2n) is 6.53. The summed E-state index contributed by atoms with van der Waals surface area (Å²) in [5.74, 6) is -0.489. The molecular formula is C20H22F2N6. The number of hydrogen-bond donors (Lipinski definition) is 2. The van der Waals surface area contributed by atoms with Crippen molar-refractivity contribution in [2.75, 3.05) is 37.8 Å². The molecule has 3 rings (SSSR count). The summed E-state index contributed by atoms with van der Waals surface area (Å²) in [6, 6.07) is 8.73. The Morgan fingerprint density at radius 1 is 1.00 bits per heavy atom. The molecule has 28 heavy (non-hydrogen) atoms. The van der Waals surface area contributed by atoms with Crippen LogP contribution >= 0.6 is 0 Å². The summed E-state index contributed by atoms with van der Waals surface area (Å²) in [5, 5.41) is 6.10. The van der Waals surface area contributed by atoms with Gasteiger partial charge in [0.2, 0.25) is 5.95 Å². The minimum absolute atomic E-state index is 0.138. The number of pyridine rings is 1. The van der Waals surface area contributed by atoms with Crippen LogP contribution in [-0.4, -0.2) is 47.0 Å². The summed E-state index contributed by atoms with van der Waals surface area (Å²) in [6.45, 7) is 1.63. The van der Waals surface area contributed by atoms with Crippen LogP contribution in [0.1, 0.15) is 6.42 Å². The van der Waals surface area contributed by atoms with Gasteiger partial charge in [-0.15, -0.1) is 0 Å². The van der Waals surface area contributed by atoms with Gasteiger partial charge in [-0.2, -0.15) is 4.98 Å². The van der Waals surface area contributed by atoms with E-state index in [4.69, 9.17) is 0 Å². The lowest BCUT2D eigenvalue weighted by Gasteiger charge is -2.13. The lowest BCUT2D eigenvalue weighted by atomic mass is 10.2. The molecule has 0 atom stereocenters. The highest BCUT2D eigenvalue weighted by molar-refractivity contribution is 5.67. The van der Waals surface area contributed by atoms with Crippen LogP contribution in [0.5, 0.6) is 0 Å². The quantitative estimate of drug-likeness (QED) is 0.574. The average Bonchev–Trinajstić information content (AvgIpc) is 2.68. The van der Waals surface area contributed by atoms with Crippen molar-refractivity contribution in [3.05, 3.63) is 60.4 Å². The van der Waals surface area contributed by atoms with Gasteiger partial charge in [0.25, 0.3) is 0 Å². The molecule has 0 fully saturated rings. The molecule has 2 aromatic heterocycles. The van der Waals surface area contributed by atoms with E-state index in [1.807, 2.05) is 26.2 Å². The van der Waals surface area contributed by atoms with Crippen LogP contribution in [0.2, 0.25) is 0 Å². The zero-order chi connectivity index (χ0) is 19.9. The summed E-state index contributed by atoms with van der Waals surface area (Å²) >= 11 is 0. The Kier molecular flexibility index (Phi) is 6.44. The minimum atomic E-state index is -0.690. The number of halogens is 2. The highest BCUT2D eigenvalue weighted by atomic mass is 19.1. The normalized spacial score (nSPS) is 10.9. The van der Waals surface area contributed by atoms with Gasteiger partial charge in [0.05, 0.1) is 11.4 Å². The van der Waals surface area contributed by atoms with Crippen molar-refractivity contribution in [1.82, 2.24) is 19.9 Å². The van der Waals surface area contributed by atoms with Crippen molar-refractivity contribution in [1.29, 1.82) is 0 Å². The summed E-state index contributed by atoms with van der Waals surface area (Å²) in [5.41, 5.74) is 1.66. The molecule has 146 valence electrons. The molecule has 0 aliphatic rings. The van der Waals surface area contributed by atoms with Gasteiger partial charge in [0, 0.05) is 36.6 Å². The first-order valence-corrected chi connectivity index (χ1v) is 8.91. The third-order valence-electron chi connectivity index (χ3n) is 3.96. The lowest BCUT2D eigenvalue weighted by molar-refractivity contribution is 0.405. The number of rotatable bonds is 8. The van der Waals surface area contributed by atoms with Crippen molar-refractivity contribution < 1.29 is 8.78 Å². The Balaban J connectivity index is 1.86. The van der Waals surface area contributed by atoms with Gasteiger partial charge in [-0.1, -0.05) is 0 Å². The second kappa shape index (κ2) is 9.18. The van der Waals surface area contributed by atoms with Gasteiger partial charge in [0.1, 0.15) is 17.5 Å². The van der Waals surface area contributed by atoms with E-state index in [1.54, 1.807) is 18.5 Å². The molecule has 0 aliphatic carbocycles. The summed E-state index contributed by atoms with van der Waals surface area (Å²) in [6.07, 6.45) is 4.27. The molecular weight excluding hydrogens is 362 g/mol. The van der Waals surface area contributed by atoms with Crippen LogP contribution in [0, 0.1) is 11.6 Å². The third-order valence-corrected chi connectivity index (χ3v) is 3.96. The molecule has 0 unspecified atom stereocenters. The molecule has 0 saturated heterocycles.